The molecular formula is C20H30O10S. The summed E-state index contributed by atoms with van der Waals surface area (Å²) in [5.41, 5.74) is -1.15. The summed E-state index contributed by atoms with van der Waals surface area (Å²) in [5.74, 6) is -2.71. The summed E-state index contributed by atoms with van der Waals surface area (Å²) >= 11 is 0. The van der Waals surface area contributed by atoms with E-state index >= 15 is 0 Å². The lowest BCUT2D eigenvalue weighted by Gasteiger charge is -2.44. The minimum absolute atomic E-state index is 0.186. The van der Waals surface area contributed by atoms with Gasteiger partial charge in [0.05, 0.1) is 10.8 Å². The van der Waals surface area contributed by atoms with Gasteiger partial charge in [0.2, 0.25) is 0 Å². The summed E-state index contributed by atoms with van der Waals surface area (Å²) in [5, 5.41) is -0.186. The van der Waals surface area contributed by atoms with Crippen molar-refractivity contribution in [3.8, 4) is 0 Å². The van der Waals surface area contributed by atoms with E-state index in [1.807, 2.05) is 0 Å². The Morgan fingerprint density at radius 3 is 1.81 bits per heavy atom. The third-order valence-electron chi connectivity index (χ3n) is 5.06. The molecule has 1 unspecified atom stereocenters. The Hall–Kier alpha value is -2.01. The van der Waals surface area contributed by atoms with Gasteiger partial charge in [0, 0.05) is 32.9 Å². The first-order chi connectivity index (χ1) is 14.6. The Morgan fingerprint density at radius 1 is 0.774 bits per heavy atom. The zero-order valence-corrected chi connectivity index (χ0v) is 19.0. The van der Waals surface area contributed by atoms with Crippen LogP contribution < -0.4 is 0 Å². The molecule has 176 valence electrons. The van der Waals surface area contributed by atoms with E-state index in [0.29, 0.717) is 0 Å². The number of carbonyl (C=O) groups excluding carboxylic acids is 4. The fourth-order valence-electron chi connectivity index (χ4n) is 3.86. The van der Waals surface area contributed by atoms with Crippen LogP contribution in [-0.4, -0.2) is 69.8 Å². The third-order valence-corrected chi connectivity index (χ3v) is 7.02. The molecule has 1 saturated carbocycles. The van der Waals surface area contributed by atoms with Crippen molar-refractivity contribution in [2.45, 2.75) is 94.9 Å². The predicted octanol–water partition coefficient (Wildman–Crippen LogP) is 1.15. The fourth-order valence-corrected chi connectivity index (χ4v) is 5.77. The molecule has 10 nitrogen and oxygen atoms in total. The van der Waals surface area contributed by atoms with E-state index in [0.717, 1.165) is 52.9 Å². The molecule has 0 spiro atoms. The van der Waals surface area contributed by atoms with Gasteiger partial charge in [-0.3, -0.25) is 23.4 Å². The van der Waals surface area contributed by atoms with Crippen LogP contribution in [-0.2, 0) is 53.7 Å². The number of carbonyl (C=O) groups is 4. The molecule has 0 aromatic heterocycles. The number of rotatable bonds is 7. The molecule has 6 atom stereocenters. The second-order valence-corrected chi connectivity index (χ2v) is 9.44. The van der Waals surface area contributed by atoms with Crippen molar-refractivity contribution < 1.29 is 47.1 Å². The van der Waals surface area contributed by atoms with E-state index in [2.05, 4.69) is 0 Å². The number of esters is 4. The SMILES string of the molecule is CC(=O)OC[C@H]1O[C@@H](S(=O)C2CCCCC2)[C@H](OC(C)=O)[C@@H](OC(C)=O)[C@H]1OC(C)=O. The Bertz CT molecular complexity index is 702. The highest BCUT2D eigenvalue weighted by atomic mass is 32.2. The highest BCUT2D eigenvalue weighted by Gasteiger charge is 2.54. The average Bonchev–Trinajstić information content (AvgIpc) is 2.68. The molecule has 0 N–H and O–H groups in total. The zero-order valence-electron chi connectivity index (χ0n) is 18.2. The Morgan fingerprint density at radius 2 is 1.29 bits per heavy atom. The van der Waals surface area contributed by atoms with E-state index < -0.39 is 64.5 Å². The fraction of sp³-hybridized carbons (Fsp3) is 0.800. The van der Waals surface area contributed by atoms with Crippen LogP contribution in [0.25, 0.3) is 0 Å². The quantitative estimate of drug-likeness (QED) is 0.401. The summed E-state index contributed by atoms with van der Waals surface area (Å²) < 4.78 is 40.5. The molecule has 2 aliphatic rings. The first kappa shape index (κ1) is 25.3. The number of hydrogen-bond acceptors (Lipinski definition) is 10. The van der Waals surface area contributed by atoms with Crippen LogP contribution >= 0.6 is 0 Å². The molecule has 0 bridgehead atoms. The lowest BCUT2D eigenvalue weighted by molar-refractivity contribution is -0.238. The third kappa shape index (κ3) is 7.27. The molecule has 0 amide bonds. The molecule has 1 aliphatic heterocycles. The summed E-state index contributed by atoms with van der Waals surface area (Å²) in [6.07, 6.45) is -0.514. The van der Waals surface area contributed by atoms with Crippen LogP contribution in [0.2, 0.25) is 0 Å². The standard InChI is InChI=1S/C20H30O10S/c1-11(21)26-10-16-17(27-12(2)22)18(28-13(3)23)19(29-14(4)24)20(30-16)31(25)15-8-6-5-7-9-15/h15-20H,5-10H2,1-4H3/t16-,17+,18+,19-,20+,31?/m1/s1. The number of ether oxygens (including phenoxy) is 5. The van der Waals surface area contributed by atoms with Crippen molar-refractivity contribution in [3.63, 3.8) is 0 Å². The van der Waals surface area contributed by atoms with Crippen molar-refractivity contribution in [2.75, 3.05) is 6.61 Å². The monoisotopic (exact) mass is 462 g/mol. The summed E-state index contributed by atoms with van der Waals surface area (Å²) in [7, 11) is -1.61. The summed E-state index contributed by atoms with van der Waals surface area (Å²) in [4.78, 5) is 46.7. The van der Waals surface area contributed by atoms with Crippen molar-refractivity contribution in [3.05, 3.63) is 0 Å². The largest absolute Gasteiger partial charge is 0.463 e. The molecule has 31 heavy (non-hydrogen) atoms. The lowest BCUT2D eigenvalue weighted by atomic mass is 9.99. The van der Waals surface area contributed by atoms with Gasteiger partial charge in [-0.25, -0.2) is 0 Å². The van der Waals surface area contributed by atoms with Crippen LogP contribution in [0.15, 0.2) is 0 Å². The van der Waals surface area contributed by atoms with Gasteiger partial charge in [-0.15, -0.1) is 0 Å². The van der Waals surface area contributed by atoms with Gasteiger partial charge in [0.15, 0.2) is 23.7 Å². The first-order valence-electron chi connectivity index (χ1n) is 10.3. The maximum Gasteiger partial charge on any atom is 0.303 e. The van der Waals surface area contributed by atoms with Crippen LogP contribution in [0, 0.1) is 0 Å². The van der Waals surface area contributed by atoms with E-state index in [9.17, 15) is 23.4 Å². The highest BCUT2D eigenvalue weighted by Crippen LogP contribution is 2.34. The zero-order chi connectivity index (χ0) is 23.1. The van der Waals surface area contributed by atoms with Crippen LogP contribution in [0.3, 0.4) is 0 Å². The van der Waals surface area contributed by atoms with E-state index in [1.54, 1.807) is 0 Å². The predicted molar refractivity (Wildman–Crippen MR) is 107 cm³/mol. The Labute approximate surface area is 183 Å². The minimum atomic E-state index is -1.61. The molecule has 1 heterocycles. The molecule has 0 radical (unpaired) electrons. The molecule has 0 aromatic rings. The maximum atomic E-state index is 13.4. The number of hydrogen-bond donors (Lipinski definition) is 0. The molecule has 1 saturated heterocycles. The van der Waals surface area contributed by atoms with Gasteiger partial charge in [0.25, 0.3) is 0 Å². The van der Waals surface area contributed by atoms with Crippen molar-refractivity contribution in [1.29, 1.82) is 0 Å². The maximum absolute atomic E-state index is 13.4. The smallest absolute Gasteiger partial charge is 0.303 e. The topological polar surface area (TPSA) is 132 Å². The van der Waals surface area contributed by atoms with E-state index in [1.165, 1.54) is 6.92 Å². The van der Waals surface area contributed by atoms with Gasteiger partial charge in [-0.05, 0) is 12.8 Å². The molecule has 2 rings (SSSR count). The van der Waals surface area contributed by atoms with Crippen LogP contribution in [0.5, 0.6) is 0 Å². The average molecular weight is 463 g/mol. The van der Waals surface area contributed by atoms with Crippen LogP contribution in [0.4, 0.5) is 0 Å². The second kappa shape index (κ2) is 11.6. The van der Waals surface area contributed by atoms with Crippen molar-refractivity contribution in [2.24, 2.45) is 0 Å². The first-order valence-corrected chi connectivity index (χ1v) is 11.6. The van der Waals surface area contributed by atoms with Crippen molar-refractivity contribution >= 4 is 34.7 Å². The van der Waals surface area contributed by atoms with Gasteiger partial charge >= 0.3 is 23.9 Å². The Balaban J connectivity index is 2.43. The lowest BCUT2D eigenvalue weighted by Crippen LogP contribution is -2.63. The highest BCUT2D eigenvalue weighted by molar-refractivity contribution is 7.86. The Kier molecular flexibility index (Phi) is 9.42. The minimum Gasteiger partial charge on any atom is -0.463 e. The van der Waals surface area contributed by atoms with Gasteiger partial charge in [-0.1, -0.05) is 19.3 Å². The molecule has 1 aliphatic carbocycles. The van der Waals surface area contributed by atoms with E-state index in [4.69, 9.17) is 23.7 Å². The van der Waals surface area contributed by atoms with Gasteiger partial charge in [0.1, 0.15) is 12.7 Å². The van der Waals surface area contributed by atoms with Gasteiger partial charge < -0.3 is 23.7 Å². The molecular weight excluding hydrogens is 432 g/mol. The van der Waals surface area contributed by atoms with Crippen LogP contribution in [0.1, 0.15) is 59.8 Å². The summed E-state index contributed by atoms with van der Waals surface area (Å²) in [6.45, 7) is 4.35. The molecule has 0 aromatic carbocycles. The molecule has 2 fully saturated rings. The van der Waals surface area contributed by atoms with Gasteiger partial charge in [-0.2, -0.15) is 0 Å². The molecule has 11 heteroatoms. The normalized spacial score (nSPS) is 30.0. The summed E-state index contributed by atoms with van der Waals surface area (Å²) in [6, 6.07) is 0. The van der Waals surface area contributed by atoms with Crippen molar-refractivity contribution in [1.82, 2.24) is 0 Å². The van der Waals surface area contributed by atoms with E-state index in [-0.39, 0.29) is 11.9 Å². The second-order valence-electron chi connectivity index (χ2n) is 7.66.